The summed E-state index contributed by atoms with van der Waals surface area (Å²) >= 11 is 0. The summed E-state index contributed by atoms with van der Waals surface area (Å²) in [5, 5.41) is 8.11. The maximum atomic E-state index is 13.4. The molecule has 0 aliphatic carbocycles. The molecule has 3 aromatic rings. The van der Waals surface area contributed by atoms with Crippen molar-refractivity contribution in [3.8, 4) is 5.69 Å². The third kappa shape index (κ3) is 1.52. The minimum atomic E-state index is -0.319. The molecule has 0 radical (unpaired) electrons. The highest BCUT2D eigenvalue weighted by atomic mass is 19.1. The van der Waals surface area contributed by atoms with Crippen LogP contribution in [0.1, 0.15) is 5.56 Å². The van der Waals surface area contributed by atoms with E-state index in [0.717, 1.165) is 11.0 Å². The van der Waals surface area contributed by atoms with Gasteiger partial charge in [-0.05, 0) is 36.8 Å². The Hall–Kier alpha value is -2.43. The number of nitrogen functional groups attached to an aromatic ring is 1. The lowest BCUT2D eigenvalue weighted by Crippen LogP contribution is -2.03. The zero-order valence-electron chi connectivity index (χ0n) is 9.76. The number of hydrogen-bond acceptors (Lipinski definition) is 3. The molecule has 90 valence electrons. The van der Waals surface area contributed by atoms with E-state index in [1.54, 1.807) is 17.7 Å². The SMILES string of the molecule is Cc1cc(-n2nnc3ccccc32)c(N)cc1F. The molecule has 4 nitrogen and oxygen atoms in total. The molecule has 0 aliphatic heterocycles. The Labute approximate surface area is 103 Å². The molecule has 0 fully saturated rings. The Morgan fingerprint density at radius 1 is 1.22 bits per heavy atom. The van der Waals surface area contributed by atoms with Crippen LogP contribution in [0.2, 0.25) is 0 Å². The monoisotopic (exact) mass is 242 g/mol. The fourth-order valence-corrected chi connectivity index (χ4v) is 1.91. The largest absolute Gasteiger partial charge is 0.397 e. The number of benzene rings is 2. The van der Waals surface area contributed by atoms with E-state index >= 15 is 0 Å². The van der Waals surface area contributed by atoms with E-state index in [4.69, 9.17) is 5.73 Å². The average Bonchev–Trinajstić information content (AvgIpc) is 2.78. The summed E-state index contributed by atoms with van der Waals surface area (Å²) in [6, 6.07) is 10.5. The Balaban J connectivity index is 2.29. The van der Waals surface area contributed by atoms with Gasteiger partial charge in [-0.15, -0.1) is 5.10 Å². The van der Waals surface area contributed by atoms with Gasteiger partial charge in [0.1, 0.15) is 11.3 Å². The van der Waals surface area contributed by atoms with Crippen molar-refractivity contribution in [1.29, 1.82) is 0 Å². The lowest BCUT2D eigenvalue weighted by molar-refractivity contribution is 0.618. The summed E-state index contributed by atoms with van der Waals surface area (Å²) in [5.74, 6) is -0.319. The molecule has 0 bridgehead atoms. The van der Waals surface area contributed by atoms with Crippen molar-refractivity contribution in [2.24, 2.45) is 0 Å². The second-order valence-corrected chi connectivity index (χ2v) is 4.15. The van der Waals surface area contributed by atoms with E-state index < -0.39 is 0 Å². The quantitative estimate of drug-likeness (QED) is 0.667. The van der Waals surface area contributed by atoms with Gasteiger partial charge in [-0.25, -0.2) is 9.07 Å². The average molecular weight is 242 g/mol. The first-order valence-corrected chi connectivity index (χ1v) is 5.53. The summed E-state index contributed by atoms with van der Waals surface area (Å²) in [7, 11) is 0. The number of halogens is 1. The van der Waals surface area contributed by atoms with Gasteiger partial charge in [-0.2, -0.15) is 0 Å². The molecule has 0 saturated heterocycles. The van der Waals surface area contributed by atoms with Gasteiger partial charge < -0.3 is 5.73 Å². The molecule has 18 heavy (non-hydrogen) atoms. The standard InChI is InChI=1S/C13H11FN4/c1-8-6-13(10(15)7-9(8)14)18-12-5-3-2-4-11(12)16-17-18/h2-7H,15H2,1H3. The molecule has 3 rings (SSSR count). The molecule has 0 saturated carbocycles. The van der Waals surface area contributed by atoms with Crippen LogP contribution in [0.25, 0.3) is 16.7 Å². The molecule has 1 aromatic heterocycles. The third-order valence-electron chi connectivity index (χ3n) is 2.89. The predicted molar refractivity (Wildman–Crippen MR) is 68.0 cm³/mol. The number of aromatic nitrogens is 3. The van der Waals surface area contributed by atoms with E-state index in [1.165, 1.54) is 6.07 Å². The van der Waals surface area contributed by atoms with Crippen molar-refractivity contribution < 1.29 is 4.39 Å². The van der Waals surface area contributed by atoms with E-state index in [1.807, 2.05) is 24.3 Å². The van der Waals surface area contributed by atoms with Crippen LogP contribution in [0.4, 0.5) is 10.1 Å². The highest BCUT2D eigenvalue weighted by molar-refractivity contribution is 5.77. The number of anilines is 1. The first-order valence-electron chi connectivity index (χ1n) is 5.53. The number of nitrogens with zero attached hydrogens (tertiary/aromatic N) is 3. The summed E-state index contributed by atoms with van der Waals surface area (Å²) in [6.07, 6.45) is 0. The lowest BCUT2D eigenvalue weighted by atomic mass is 10.2. The van der Waals surface area contributed by atoms with Gasteiger partial charge in [0, 0.05) is 0 Å². The number of hydrogen-bond donors (Lipinski definition) is 1. The van der Waals surface area contributed by atoms with E-state index in [0.29, 0.717) is 16.9 Å². The van der Waals surface area contributed by atoms with E-state index in [9.17, 15) is 4.39 Å². The molecule has 5 heteroatoms. The molecule has 0 amide bonds. The van der Waals surface area contributed by atoms with Gasteiger partial charge in [0.15, 0.2) is 0 Å². The van der Waals surface area contributed by atoms with Crippen molar-refractivity contribution in [3.05, 3.63) is 47.8 Å². The van der Waals surface area contributed by atoms with Gasteiger partial charge >= 0.3 is 0 Å². The number of fused-ring (bicyclic) bond motifs is 1. The maximum Gasteiger partial charge on any atom is 0.128 e. The highest BCUT2D eigenvalue weighted by Gasteiger charge is 2.11. The molecule has 2 N–H and O–H groups in total. The Bertz CT molecular complexity index is 733. The molecule has 0 spiro atoms. The predicted octanol–water partition coefficient (Wildman–Crippen LogP) is 2.45. The normalized spacial score (nSPS) is 11.0. The number of para-hydroxylation sites is 1. The number of aryl methyl sites for hydroxylation is 1. The Morgan fingerprint density at radius 2 is 2.00 bits per heavy atom. The second kappa shape index (κ2) is 3.80. The summed E-state index contributed by atoms with van der Waals surface area (Å²) in [5.41, 5.74) is 8.97. The van der Waals surface area contributed by atoms with Crippen LogP contribution < -0.4 is 5.73 Å². The minimum Gasteiger partial charge on any atom is -0.397 e. The highest BCUT2D eigenvalue weighted by Crippen LogP contribution is 2.23. The smallest absolute Gasteiger partial charge is 0.128 e. The van der Waals surface area contributed by atoms with Crippen LogP contribution in [0.15, 0.2) is 36.4 Å². The number of rotatable bonds is 1. The van der Waals surface area contributed by atoms with Crippen LogP contribution in [0.3, 0.4) is 0 Å². The molecule has 0 unspecified atom stereocenters. The zero-order valence-corrected chi connectivity index (χ0v) is 9.76. The van der Waals surface area contributed by atoms with Gasteiger partial charge in [0.2, 0.25) is 0 Å². The number of nitrogens with two attached hydrogens (primary N) is 1. The van der Waals surface area contributed by atoms with Crippen molar-refractivity contribution in [3.63, 3.8) is 0 Å². The van der Waals surface area contributed by atoms with Crippen LogP contribution in [-0.4, -0.2) is 15.0 Å². The summed E-state index contributed by atoms with van der Waals surface area (Å²) in [6.45, 7) is 1.69. The second-order valence-electron chi connectivity index (χ2n) is 4.15. The van der Waals surface area contributed by atoms with Crippen molar-refractivity contribution in [2.45, 2.75) is 6.92 Å². The lowest BCUT2D eigenvalue weighted by Gasteiger charge is -2.08. The third-order valence-corrected chi connectivity index (χ3v) is 2.89. The van der Waals surface area contributed by atoms with Crippen LogP contribution in [0.5, 0.6) is 0 Å². The first-order chi connectivity index (χ1) is 8.66. The zero-order chi connectivity index (χ0) is 12.7. The molecule has 2 aromatic carbocycles. The van der Waals surface area contributed by atoms with Crippen molar-refractivity contribution in [2.75, 3.05) is 5.73 Å². The van der Waals surface area contributed by atoms with Crippen LogP contribution in [0, 0.1) is 12.7 Å². The molecule has 0 aliphatic rings. The fourth-order valence-electron chi connectivity index (χ4n) is 1.91. The van der Waals surface area contributed by atoms with Crippen molar-refractivity contribution >= 4 is 16.7 Å². The fraction of sp³-hybridized carbons (Fsp3) is 0.0769. The van der Waals surface area contributed by atoms with Gasteiger partial charge in [0.05, 0.1) is 16.9 Å². The topological polar surface area (TPSA) is 56.7 Å². The van der Waals surface area contributed by atoms with Gasteiger partial charge in [-0.1, -0.05) is 17.3 Å². The van der Waals surface area contributed by atoms with E-state index in [-0.39, 0.29) is 5.82 Å². The molecule has 0 atom stereocenters. The molecule has 1 heterocycles. The van der Waals surface area contributed by atoms with Crippen LogP contribution >= 0.6 is 0 Å². The minimum absolute atomic E-state index is 0.319. The van der Waals surface area contributed by atoms with Crippen molar-refractivity contribution in [1.82, 2.24) is 15.0 Å². The Morgan fingerprint density at radius 3 is 2.83 bits per heavy atom. The van der Waals surface area contributed by atoms with Crippen LogP contribution in [-0.2, 0) is 0 Å². The molecular weight excluding hydrogens is 231 g/mol. The van der Waals surface area contributed by atoms with Gasteiger partial charge in [0.25, 0.3) is 0 Å². The molecular formula is C13H11FN4. The summed E-state index contributed by atoms with van der Waals surface area (Å²) in [4.78, 5) is 0. The Kier molecular flexibility index (Phi) is 2.26. The van der Waals surface area contributed by atoms with Gasteiger partial charge in [-0.3, -0.25) is 0 Å². The first kappa shape index (κ1) is 10.7. The maximum absolute atomic E-state index is 13.4. The summed E-state index contributed by atoms with van der Waals surface area (Å²) < 4.78 is 15.0. The van der Waals surface area contributed by atoms with E-state index in [2.05, 4.69) is 10.3 Å².